The van der Waals surface area contributed by atoms with Gasteiger partial charge in [-0.2, -0.15) is 0 Å². The maximum atomic E-state index is 11.2. The molecule has 2 aromatic heterocycles. The first-order chi connectivity index (χ1) is 13.0. The molecule has 0 saturated carbocycles. The second-order valence-electron chi connectivity index (χ2n) is 7.43. The monoisotopic (exact) mass is 361 g/mol. The molecule has 1 amide bonds. The number of hydrogen-bond acceptors (Lipinski definition) is 4. The molecule has 0 radical (unpaired) electrons. The van der Waals surface area contributed by atoms with Crippen LogP contribution in [0.3, 0.4) is 0 Å². The molecule has 4 rings (SSSR count). The number of imidazole rings is 1. The third kappa shape index (κ3) is 3.30. The van der Waals surface area contributed by atoms with E-state index >= 15 is 0 Å². The number of rotatable bonds is 4. The average molecular weight is 361 g/mol. The summed E-state index contributed by atoms with van der Waals surface area (Å²) in [4.78, 5) is 20.2. The predicted molar refractivity (Wildman–Crippen MR) is 108 cm³/mol. The van der Waals surface area contributed by atoms with Crippen molar-refractivity contribution < 1.29 is 4.79 Å². The molecular weight excluding hydrogens is 338 g/mol. The van der Waals surface area contributed by atoms with Crippen LogP contribution in [0.15, 0.2) is 54.5 Å². The number of hydrogen-bond donors (Lipinski definition) is 2. The van der Waals surface area contributed by atoms with Crippen molar-refractivity contribution in [1.29, 1.82) is 0 Å². The van der Waals surface area contributed by atoms with Crippen LogP contribution in [0.2, 0.25) is 0 Å². The number of nitrogen functional groups attached to an aromatic ring is 1. The standard InChI is InChI=1S/C21H23N5O/c1-14(27)24-15-7-9-21(2,10-8-15)11-12-26-13-23-18-19(26)16-5-3-4-6-17(16)25-20(18)22/h3-9,13H,10-12H2,1-2H3,(H2,22,25)(H,24,27). The highest BCUT2D eigenvalue weighted by Gasteiger charge is 2.23. The second-order valence-corrected chi connectivity index (χ2v) is 7.43. The fourth-order valence-corrected chi connectivity index (χ4v) is 3.60. The molecular formula is C21H23N5O. The average Bonchev–Trinajstić information content (AvgIpc) is 3.07. The van der Waals surface area contributed by atoms with Gasteiger partial charge in [0.2, 0.25) is 5.91 Å². The quantitative estimate of drug-likeness (QED) is 0.744. The highest BCUT2D eigenvalue weighted by Crippen LogP contribution is 2.34. The summed E-state index contributed by atoms with van der Waals surface area (Å²) < 4.78 is 2.17. The van der Waals surface area contributed by atoms with E-state index in [1.165, 1.54) is 6.92 Å². The van der Waals surface area contributed by atoms with Crippen LogP contribution in [0, 0.1) is 5.41 Å². The Morgan fingerprint density at radius 1 is 1.37 bits per heavy atom. The molecule has 2 heterocycles. The molecule has 0 aliphatic heterocycles. The summed E-state index contributed by atoms with van der Waals surface area (Å²) in [5.41, 5.74) is 9.70. The number of aromatic nitrogens is 3. The Hall–Kier alpha value is -3.15. The fourth-order valence-electron chi connectivity index (χ4n) is 3.60. The molecule has 3 aromatic rings. The van der Waals surface area contributed by atoms with Crippen molar-refractivity contribution >= 4 is 33.7 Å². The lowest BCUT2D eigenvalue weighted by atomic mass is 9.80. The molecule has 27 heavy (non-hydrogen) atoms. The van der Waals surface area contributed by atoms with Crippen molar-refractivity contribution in [2.45, 2.75) is 33.2 Å². The van der Waals surface area contributed by atoms with E-state index in [0.29, 0.717) is 5.82 Å². The van der Waals surface area contributed by atoms with Gasteiger partial charge in [0.1, 0.15) is 5.52 Å². The summed E-state index contributed by atoms with van der Waals surface area (Å²) >= 11 is 0. The number of amides is 1. The first kappa shape index (κ1) is 17.3. The topological polar surface area (TPSA) is 85.8 Å². The molecule has 1 aliphatic rings. The van der Waals surface area contributed by atoms with Gasteiger partial charge in [0.25, 0.3) is 0 Å². The Bertz CT molecular complexity index is 1090. The lowest BCUT2D eigenvalue weighted by Gasteiger charge is -2.28. The van der Waals surface area contributed by atoms with E-state index in [1.54, 1.807) is 0 Å². The van der Waals surface area contributed by atoms with Crippen LogP contribution < -0.4 is 11.1 Å². The summed E-state index contributed by atoms with van der Waals surface area (Å²) in [6.07, 6.45) is 9.96. The summed E-state index contributed by atoms with van der Waals surface area (Å²) in [6, 6.07) is 8.01. The molecule has 6 heteroatoms. The van der Waals surface area contributed by atoms with Gasteiger partial charge in [0.15, 0.2) is 5.82 Å². The lowest BCUT2D eigenvalue weighted by Crippen LogP contribution is -2.23. The van der Waals surface area contributed by atoms with Crippen LogP contribution in [0.1, 0.15) is 26.7 Å². The number of carbonyl (C=O) groups excluding carboxylic acids is 1. The zero-order valence-electron chi connectivity index (χ0n) is 15.6. The number of pyridine rings is 1. The Kier molecular flexibility index (Phi) is 4.18. The van der Waals surface area contributed by atoms with Gasteiger partial charge in [0, 0.05) is 24.6 Å². The second kappa shape index (κ2) is 6.54. The van der Waals surface area contributed by atoms with Gasteiger partial charge in [-0.1, -0.05) is 37.3 Å². The highest BCUT2D eigenvalue weighted by atomic mass is 16.1. The molecule has 1 atom stereocenters. The SMILES string of the molecule is CC(=O)NC1=CCC(C)(CCn2cnc3c(N)nc4ccccc4c32)C=C1. The van der Waals surface area contributed by atoms with E-state index in [1.807, 2.05) is 30.6 Å². The van der Waals surface area contributed by atoms with E-state index in [4.69, 9.17) is 5.73 Å². The minimum atomic E-state index is -0.0440. The zero-order valence-corrected chi connectivity index (χ0v) is 15.6. The number of benzene rings is 1. The summed E-state index contributed by atoms with van der Waals surface area (Å²) in [6.45, 7) is 4.59. The third-order valence-corrected chi connectivity index (χ3v) is 5.18. The number of anilines is 1. The van der Waals surface area contributed by atoms with E-state index in [-0.39, 0.29) is 11.3 Å². The number of nitrogens with two attached hydrogens (primary N) is 1. The number of nitrogens with one attached hydrogen (secondary N) is 1. The minimum Gasteiger partial charge on any atom is -0.382 e. The molecule has 6 nitrogen and oxygen atoms in total. The molecule has 1 aromatic carbocycles. The van der Waals surface area contributed by atoms with Crippen molar-refractivity contribution in [3.05, 3.63) is 54.5 Å². The van der Waals surface area contributed by atoms with Gasteiger partial charge in [-0.3, -0.25) is 4.79 Å². The van der Waals surface area contributed by atoms with Crippen LogP contribution in [-0.4, -0.2) is 20.4 Å². The van der Waals surface area contributed by atoms with Gasteiger partial charge in [-0.25, -0.2) is 9.97 Å². The Balaban J connectivity index is 1.59. The van der Waals surface area contributed by atoms with Gasteiger partial charge in [0.05, 0.1) is 17.4 Å². The molecule has 0 saturated heterocycles. The number of aryl methyl sites for hydroxylation is 1. The molecule has 3 N–H and O–H groups in total. The van der Waals surface area contributed by atoms with Crippen molar-refractivity contribution in [3.63, 3.8) is 0 Å². The Morgan fingerprint density at radius 3 is 2.93 bits per heavy atom. The number of nitrogens with zero attached hydrogens (tertiary/aromatic N) is 3. The van der Waals surface area contributed by atoms with E-state index < -0.39 is 0 Å². The first-order valence-electron chi connectivity index (χ1n) is 9.11. The van der Waals surface area contributed by atoms with Gasteiger partial charge >= 0.3 is 0 Å². The molecule has 138 valence electrons. The van der Waals surface area contributed by atoms with Crippen LogP contribution in [0.5, 0.6) is 0 Å². The Labute approximate surface area is 157 Å². The maximum Gasteiger partial charge on any atom is 0.221 e. The summed E-state index contributed by atoms with van der Waals surface area (Å²) in [5.74, 6) is 0.423. The minimum absolute atomic E-state index is 0.0347. The largest absolute Gasteiger partial charge is 0.382 e. The summed E-state index contributed by atoms with van der Waals surface area (Å²) in [7, 11) is 0. The number of carbonyl (C=O) groups is 1. The smallest absolute Gasteiger partial charge is 0.221 e. The van der Waals surface area contributed by atoms with E-state index in [0.717, 1.165) is 47.0 Å². The third-order valence-electron chi connectivity index (χ3n) is 5.18. The molecule has 0 spiro atoms. The van der Waals surface area contributed by atoms with E-state index in [2.05, 4.69) is 45.0 Å². The van der Waals surface area contributed by atoms with Crippen molar-refractivity contribution in [2.24, 2.45) is 5.41 Å². The summed E-state index contributed by atoms with van der Waals surface area (Å²) in [5, 5.41) is 3.91. The van der Waals surface area contributed by atoms with Crippen molar-refractivity contribution in [1.82, 2.24) is 19.9 Å². The van der Waals surface area contributed by atoms with Crippen molar-refractivity contribution in [2.75, 3.05) is 5.73 Å². The maximum absolute atomic E-state index is 11.2. The van der Waals surface area contributed by atoms with E-state index in [9.17, 15) is 4.79 Å². The zero-order chi connectivity index (χ0) is 19.0. The van der Waals surface area contributed by atoms with Crippen LogP contribution in [0.25, 0.3) is 21.9 Å². The molecule has 1 aliphatic carbocycles. The lowest BCUT2D eigenvalue weighted by molar-refractivity contribution is -0.118. The van der Waals surface area contributed by atoms with Gasteiger partial charge < -0.3 is 15.6 Å². The van der Waals surface area contributed by atoms with Crippen LogP contribution in [-0.2, 0) is 11.3 Å². The normalized spacial score (nSPS) is 19.4. The Morgan fingerprint density at radius 2 is 2.19 bits per heavy atom. The number of para-hydroxylation sites is 1. The van der Waals surface area contributed by atoms with Crippen LogP contribution >= 0.6 is 0 Å². The van der Waals surface area contributed by atoms with Gasteiger partial charge in [-0.05, 0) is 30.4 Å². The molecule has 1 unspecified atom stereocenters. The molecule has 0 fully saturated rings. The van der Waals surface area contributed by atoms with Crippen LogP contribution in [0.4, 0.5) is 5.82 Å². The fraction of sp³-hybridized carbons (Fsp3) is 0.286. The van der Waals surface area contributed by atoms with Gasteiger partial charge in [-0.15, -0.1) is 0 Å². The number of fused-ring (bicyclic) bond motifs is 3. The number of allylic oxidation sites excluding steroid dienone is 3. The van der Waals surface area contributed by atoms with Crippen molar-refractivity contribution in [3.8, 4) is 0 Å². The molecule has 0 bridgehead atoms. The first-order valence-corrected chi connectivity index (χ1v) is 9.11. The highest BCUT2D eigenvalue weighted by molar-refractivity contribution is 6.06. The predicted octanol–water partition coefficient (Wildman–Crippen LogP) is 3.54.